The van der Waals surface area contributed by atoms with Crippen molar-refractivity contribution in [1.29, 1.82) is 0 Å². The highest BCUT2D eigenvalue weighted by Gasteiger charge is 2.27. The Morgan fingerprint density at radius 2 is 2.00 bits per heavy atom. The lowest BCUT2D eigenvalue weighted by Crippen LogP contribution is -2.37. The molecule has 2 heteroatoms. The van der Waals surface area contributed by atoms with Gasteiger partial charge in [0.15, 0.2) is 0 Å². The summed E-state index contributed by atoms with van der Waals surface area (Å²) in [7, 11) is 2.22. The first-order valence-electron chi connectivity index (χ1n) is 6.24. The molecule has 0 saturated carbocycles. The lowest BCUT2D eigenvalue weighted by atomic mass is 9.82. The predicted molar refractivity (Wildman–Crippen MR) is 67.1 cm³/mol. The molecule has 15 heavy (non-hydrogen) atoms. The fourth-order valence-corrected chi connectivity index (χ4v) is 1.99. The molecule has 0 bridgehead atoms. The summed E-state index contributed by atoms with van der Waals surface area (Å²) in [5, 5.41) is 3.71. The van der Waals surface area contributed by atoms with Crippen molar-refractivity contribution in [2.75, 3.05) is 20.1 Å². The zero-order chi connectivity index (χ0) is 11.6. The van der Waals surface area contributed by atoms with Gasteiger partial charge in [0, 0.05) is 18.6 Å². The Morgan fingerprint density at radius 3 is 2.40 bits per heavy atom. The Bertz CT molecular complexity index is 185. The monoisotopic (exact) mass is 212 g/mol. The maximum Gasteiger partial charge on any atom is 0.0209 e. The highest BCUT2D eigenvalue weighted by atomic mass is 15.2. The Labute approximate surface area is 95.4 Å². The summed E-state index contributed by atoms with van der Waals surface area (Å²) < 4.78 is 0. The molecule has 0 aromatic rings. The smallest absolute Gasteiger partial charge is 0.0209 e. The van der Waals surface area contributed by atoms with E-state index in [0.29, 0.717) is 11.5 Å². The van der Waals surface area contributed by atoms with Crippen LogP contribution >= 0.6 is 0 Å². The molecule has 90 valence electrons. The first kappa shape index (κ1) is 13.0. The van der Waals surface area contributed by atoms with E-state index < -0.39 is 0 Å². The number of rotatable bonds is 3. The minimum absolute atomic E-state index is 0.420. The standard InChI is InChI=1S/C13H28N2/c1-10(13(3,4)5)8-14-12-7-11(2)15(6)9-12/h10-12,14H,7-9H2,1-6H3. The van der Waals surface area contributed by atoms with Gasteiger partial charge in [-0.15, -0.1) is 0 Å². The lowest BCUT2D eigenvalue weighted by molar-refractivity contribution is 0.244. The minimum Gasteiger partial charge on any atom is -0.312 e. The molecule has 1 rings (SSSR count). The van der Waals surface area contributed by atoms with Crippen LogP contribution in [0, 0.1) is 11.3 Å². The van der Waals surface area contributed by atoms with Crippen LogP contribution in [0.4, 0.5) is 0 Å². The van der Waals surface area contributed by atoms with Crippen molar-refractivity contribution in [1.82, 2.24) is 10.2 Å². The van der Waals surface area contributed by atoms with E-state index in [4.69, 9.17) is 0 Å². The van der Waals surface area contributed by atoms with Gasteiger partial charge in [0.25, 0.3) is 0 Å². The van der Waals surface area contributed by atoms with Gasteiger partial charge in [0.05, 0.1) is 0 Å². The molecule has 1 N–H and O–H groups in total. The Morgan fingerprint density at radius 1 is 1.40 bits per heavy atom. The third-order valence-corrected chi connectivity index (χ3v) is 4.08. The second-order valence-electron chi connectivity index (χ2n) is 6.40. The van der Waals surface area contributed by atoms with Gasteiger partial charge in [-0.3, -0.25) is 0 Å². The summed E-state index contributed by atoms with van der Waals surface area (Å²) in [4.78, 5) is 2.44. The van der Waals surface area contributed by atoms with Crippen LogP contribution < -0.4 is 5.32 Å². The van der Waals surface area contributed by atoms with E-state index in [1.165, 1.54) is 13.0 Å². The molecule has 2 nitrogen and oxygen atoms in total. The quantitative estimate of drug-likeness (QED) is 0.772. The summed E-state index contributed by atoms with van der Waals surface area (Å²) >= 11 is 0. The molecule has 1 saturated heterocycles. The molecule has 1 heterocycles. The third-order valence-electron chi connectivity index (χ3n) is 4.08. The fourth-order valence-electron chi connectivity index (χ4n) is 1.99. The van der Waals surface area contributed by atoms with E-state index >= 15 is 0 Å². The van der Waals surface area contributed by atoms with E-state index in [-0.39, 0.29) is 0 Å². The van der Waals surface area contributed by atoms with E-state index in [9.17, 15) is 0 Å². The van der Waals surface area contributed by atoms with Crippen molar-refractivity contribution in [3.8, 4) is 0 Å². The molecule has 0 aromatic carbocycles. The van der Waals surface area contributed by atoms with Crippen LogP contribution in [0.15, 0.2) is 0 Å². The summed E-state index contributed by atoms with van der Waals surface area (Å²) in [5.41, 5.74) is 0.420. The Kier molecular flexibility index (Phi) is 4.19. The van der Waals surface area contributed by atoms with Crippen LogP contribution in [-0.4, -0.2) is 37.1 Å². The zero-order valence-electron chi connectivity index (χ0n) is 11.3. The van der Waals surface area contributed by atoms with Gasteiger partial charge in [-0.25, -0.2) is 0 Å². The first-order chi connectivity index (χ1) is 6.80. The van der Waals surface area contributed by atoms with Crippen LogP contribution in [0.25, 0.3) is 0 Å². The van der Waals surface area contributed by atoms with Gasteiger partial charge in [-0.1, -0.05) is 27.7 Å². The molecular weight excluding hydrogens is 184 g/mol. The van der Waals surface area contributed by atoms with Crippen molar-refractivity contribution in [3.05, 3.63) is 0 Å². The number of hydrogen-bond acceptors (Lipinski definition) is 2. The Hall–Kier alpha value is -0.0800. The van der Waals surface area contributed by atoms with Crippen molar-refractivity contribution in [3.63, 3.8) is 0 Å². The molecule has 1 fully saturated rings. The van der Waals surface area contributed by atoms with Crippen LogP contribution in [0.2, 0.25) is 0 Å². The van der Waals surface area contributed by atoms with E-state index in [1.807, 2.05) is 0 Å². The normalized spacial score (nSPS) is 30.8. The van der Waals surface area contributed by atoms with E-state index in [1.54, 1.807) is 0 Å². The average Bonchev–Trinajstić information content (AvgIpc) is 2.41. The van der Waals surface area contributed by atoms with Gasteiger partial charge < -0.3 is 10.2 Å². The van der Waals surface area contributed by atoms with Crippen LogP contribution in [-0.2, 0) is 0 Å². The van der Waals surface area contributed by atoms with Crippen molar-refractivity contribution in [2.24, 2.45) is 11.3 Å². The highest BCUT2D eigenvalue weighted by molar-refractivity contribution is 4.86. The number of nitrogens with one attached hydrogen (secondary N) is 1. The van der Waals surface area contributed by atoms with E-state index in [0.717, 1.165) is 18.5 Å². The SMILES string of the molecule is CC1CC(NCC(C)C(C)(C)C)CN1C. The predicted octanol–water partition coefficient (Wildman–Crippen LogP) is 2.35. The molecule has 0 spiro atoms. The van der Waals surface area contributed by atoms with Gasteiger partial charge >= 0.3 is 0 Å². The second kappa shape index (κ2) is 4.84. The van der Waals surface area contributed by atoms with Crippen LogP contribution in [0.5, 0.6) is 0 Å². The molecular formula is C13H28N2. The van der Waals surface area contributed by atoms with Crippen molar-refractivity contribution < 1.29 is 0 Å². The number of nitrogens with zero attached hydrogens (tertiary/aromatic N) is 1. The average molecular weight is 212 g/mol. The molecule has 0 aliphatic carbocycles. The summed E-state index contributed by atoms with van der Waals surface area (Å²) in [6.07, 6.45) is 1.30. The number of likely N-dealkylation sites (N-methyl/N-ethyl adjacent to an activating group) is 1. The summed E-state index contributed by atoms with van der Waals surface area (Å²) in [5.74, 6) is 0.735. The molecule has 1 aliphatic rings. The summed E-state index contributed by atoms with van der Waals surface area (Å²) in [6, 6.07) is 1.45. The fraction of sp³-hybridized carbons (Fsp3) is 1.00. The Balaban J connectivity index is 2.27. The summed E-state index contributed by atoms with van der Waals surface area (Å²) in [6.45, 7) is 14.0. The number of hydrogen-bond donors (Lipinski definition) is 1. The molecule has 0 radical (unpaired) electrons. The molecule has 0 aromatic heterocycles. The molecule has 3 atom stereocenters. The largest absolute Gasteiger partial charge is 0.312 e. The molecule has 0 amide bonds. The molecule has 1 aliphatic heterocycles. The van der Waals surface area contributed by atoms with Crippen molar-refractivity contribution >= 4 is 0 Å². The van der Waals surface area contributed by atoms with Gasteiger partial charge in [0.1, 0.15) is 0 Å². The van der Waals surface area contributed by atoms with Gasteiger partial charge in [0.2, 0.25) is 0 Å². The maximum absolute atomic E-state index is 3.71. The topological polar surface area (TPSA) is 15.3 Å². The first-order valence-corrected chi connectivity index (χ1v) is 6.24. The third kappa shape index (κ3) is 3.76. The minimum atomic E-state index is 0.420. The second-order valence-corrected chi connectivity index (χ2v) is 6.40. The van der Waals surface area contributed by atoms with Crippen molar-refractivity contribution in [2.45, 2.75) is 53.1 Å². The maximum atomic E-state index is 3.71. The van der Waals surface area contributed by atoms with Crippen LogP contribution in [0.1, 0.15) is 41.0 Å². The van der Waals surface area contributed by atoms with Gasteiger partial charge in [-0.2, -0.15) is 0 Å². The van der Waals surface area contributed by atoms with Crippen LogP contribution in [0.3, 0.4) is 0 Å². The lowest BCUT2D eigenvalue weighted by Gasteiger charge is -2.28. The zero-order valence-corrected chi connectivity index (χ0v) is 11.3. The highest BCUT2D eigenvalue weighted by Crippen LogP contribution is 2.25. The van der Waals surface area contributed by atoms with E-state index in [2.05, 4.69) is 51.9 Å². The van der Waals surface area contributed by atoms with Gasteiger partial charge in [-0.05, 0) is 38.3 Å². The number of likely N-dealkylation sites (tertiary alicyclic amines) is 1. The molecule has 3 unspecified atom stereocenters.